The normalized spacial score (nSPS) is 40.3. The number of hydrogen-bond donors (Lipinski definition) is 12. The fourth-order valence-electron chi connectivity index (χ4n) is 7.26. The molecule has 22 heteroatoms. The summed E-state index contributed by atoms with van der Waals surface area (Å²) in [7, 11) is 0. The lowest BCUT2D eigenvalue weighted by molar-refractivity contribution is -0.326. The highest BCUT2D eigenvalue weighted by Crippen LogP contribution is 2.32. The van der Waals surface area contributed by atoms with Gasteiger partial charge in [-0.2, -0.15) is 0 Å². The van der Waals surface area contributed by atoms with Crippen LogP contribution in [0.3, 0.4) is 0 Å². The molecule has 0 aromatic heterocycles. The molecule has 0 bridgehead atoms. The number of aliphatic hydroxyl groups excluding tert-OH is 12. The molecule has 0 aromatic rings. The lowest BCUT2D eigenvalue weighted by Gasteiger charge is -2.43. The van der Waals surface area contributed by atoms with Gasteiger partial charge in [0.1, 0.15) is 79.4 Å². The molecule has 4 aliphatic rings. The van der Waals surface area contributed by atoms with Crippen molar-refractivity contribution in [3.05, 3.63) is 83.1 Å². The number of esters is 2. The quantitative estimate of drug-likeness (QED) is 0.0378. The van der Waals surface area contributed by atoms with E-state index in [-0.39, 0.29) is 29.6 Å². The first-order valence-electron chi connectivity index (χ1n) is 22.1. The molecule has 4 rings (SSSR count). The molecule has 4 heterocycles. The molecule has 0 spiro atoms. The van der Waals surface area contributed by atoms with Crippen LogP contribution in [0.4, 0.5) is 0 Å². The molecule has 12 N–H and O–H groups in total. The number of allylic oxidation sites excluding steroid dienone is 12. The third kappa shape index (κ3) is 15.0. The maximum absolute atomic E-state index is 12.9. The fraction of sp³-hybridized carbons (Fsp3) is 0.652. The monoisotopic (exact) mass is 972 g/mol. The SMILES string of the molecule is CC(/C=C/C=C(\C)C(=O)O[C@@H]1O[C@H](CO[C@@H]2O[C@H](CO)[C@@H](C)[C@H](C)[C@H]2O)[C@@H](O)[C@H](O)[C@H]1O)=C\C=C\C=C(C)\C=C\C=C(/C)C(=O)O[C@@H]1O[C@H](CO[C@@H]2O[C@H](CO)[C@@H](O)[C@H](O)[C@H]2O)[C@@H](O)[C@H](O)[C@H]1O. The molecule has 384 valence electrons. The number of carbonyl (C=O) groups excluding carboxylic acids is 2. The van der Waals surface area contributed by atoms with E-state index in [1.165, 1.54) is 26.0 Å². The van der Waals surface area contributed by atoms with E-state index in [1.54, 1.807) is 62.5 Å². The third-order valence-corrected chi connectivity index (χ3v) is 12.1. The van der Waals surface area contributed by atoms with E-state index < -0.39 is 142 Å². The molecule has 4 saturated heterocycles. The van der Waals surface area contributed by atoms with Crippen LogP contribution >= 0.6 is 0 Å². The summed E-state index contributed by atoms with van der Waals surface area (Å²) in [5, 5.41) is 123. The molecule has 0 radical (unpaired) electrons. The van der Waals surface area contributed by atoms with Gasteiger partial charge in [0.25, 0.3) is 0 Å². The Hall–Kier alpha value is -3.60. The minimum absolute atomic E-state index is 0.0849. The highest BCUT2D eigenvalue weighted by Gasteiger charge is 2.50. The third-order valence-electron chi connectivity index (χ3n) is 12.1. The highest BCUT2D eigenvalue weighted by molar-refractivity contribution is 5.88. The van der Waals surface area contributed by atoms with Crippen molar-refractivity contribution in [3.8, 4) is 0 Å². The van der Waals surface area contributed by atoms with Crippen LogP contribution in [-0.2, 0) is 47.5 Å². The number of ether oxygens (including phenoxy) is 8. The van der Waals surface area contributed by atoms with Gasteiger partial charge in [0.2, 0.25) is 12.6 Å². The highest BCUT2D eigenvalue weighted by atomic mass is 16.8. The number of rotatable bonds is 18. The van der Waals surface area contributed by atoms with Gasteiger partial charge >= 0.3 is 11.9 Å². The van der Waals surface area contributed by atoms with Gasteiger partial charge in [0.15, 0.2) is 12.6 Å². The summed E-state index contributed by atoms with van der Waals surface area (Å²) >= 11 is 0. The van der Waals surface area contributed by atoms with Crippen LogP contribution in [0.2, 0.25) is 0 Å². The van der Waals surface area contributed by atoms with Crippen molar-refractivity contribution in [3.63, 3.8) is 0 Å². The molecule has 0 aromatic carbocycles. The topological polar surface area (TPSA) is 351 Å². The maximum atomic E-state index is 12.9. The van der Waals surface area contributed by atoms with Crippen LogP contribution in [0, 0.1) is 11.8 Å². The average Bonchev–Trinajstić information content (AvgIpc) is 3.31. The van der Waals surface area contributed by atoms with E-state index in [9.17, 15) is 70.9 Å². The molecule has 0 unspecified atom stereocenters. The summed E-state index contributed by atoms with van der Waals surface area (Å²) in [6.07, 6.45) is -10.9. The van der Waals surface area contributed by atoms with Crippen molar-refractivity contribution in [2.75, 3.05) is 26.4 Å². The largest absolute Gasteiger partial charge is 0.429 e. The van der Waals surface area contributed by atoms with E-state index >= 15 is 0 Å². The zero-order valence-electron chi connectivity index (χ0n) is 38.6. The van der Waals surface area contributed by atoms with Crippen LogP contribution in [0.25, 0.3) is 0 Å². The Morgan fingerprint density at radius 2 is 0.779 bits per heavy atom. The maximum Gasteiger partial charge on any atom is 0.336 e. The molecule has 0 amide bonds. The predicted octanol–water partition coefficient (Wildman–Crippen LogP) is -2.67. The lowest BCUT2D eigenvalue weighted by Crippen LogP contribution is -2.61. The molecular weight excluding hydrogens is 904 g/mol. The van der Waals surface area contributed by atoms with Crippen LogP contribution in [0.15, 0.2) is 83.1 Å². The Bertz CT molecular complexity index is 1730. The standard InChI is InChI=1S/C46H68O22/c1-21(13-9-15-23(3)41(59)67-45-39(57)36(54)33(51)29(65-45)19-61-43-31(49)26(6)25(5)27(17-47)63-43)11-7-8-12-22(2)14-10-16-24(4)42(60)68-46-40(58)37(55)34(52)30(66-46)20-62-44-38(56)35(53)32(50)28(18-48)64-44/h7-16,25-40,43-58H,17-20H2,1-6H3/b8-7+,13-9+,14-10+,21-11+,22-12+,23-15+,24-16+/t25-,26-,27+,28+,29+,30+,31+,32+,33+,34+,35-,36-,37-,38+,39+,40+,43+,44+,45-,46-/m0/s1. The summed E-state index contributed by atoms with van der Waals surface area (Å²) in [5.41, 5.74) is 1.79. The molecular formula is C46H68O22. The van der Waals surface area contributed by atoms with E-state index in [1.807, 2.05) is 13.8 Å². The van der Waals surface area contributed by atoms with Gasteiger partial charge in [-0.1, -0.05) is 85.8 Å². The lowest BCUT2D eigenvalue weighted by atomic mass is 9.84. The molecule has 4 aliphatic heterocycles. The van der Waals surface area contributed by atoms with Crippen molar-refractivity contribution in [2.24, 2.45) is 11.8 Å². The van der Waals surface area contributed by atoms with Crippen molar-refractivity contribution in [1.29, 1.82) is 0 Å². The Morgan fingerprint density at radius 3 is 1.19 bits per heavy atom. The van der Waals surface area contributed by atoms with Crippen molar-refractivity contribution < 1.29 is 109 Å². The Labute approximate surface area is 393 Å². The first-order valence-corrected chi connectivity index (χ1v) is 22.1. The predicted molar refractivity (Wildman–Crippen MR) is 234 cm³/mol. The van der Waals surface area contributed by atoms with Gasteiger partial charge in [0.05, 0.1) is 32.5 Å². The summed E-state index contributed by atoms with van der Waals surface area (Å²) in [4.78, 5) is 25.7. The summed E-state index contributed by atoms with van der Waals surface area (Å²) in [6, 6.07) is 0. The zero-order valence-corrected chi connectivity index (χ0v) is 38.6. The Kier molecular flexibility index (Phi) is 22.3. The van der Waals surface area contributed by atoms with Crippen LogP contribution in [0.5, 0.6) is 0 Å². The van der Waals surface area contributed by atoms with Gasteiger partial charge in [-0.25, -0.2) is 9.59 Å². The minimum atomic E-state index is -1.85. The first-order chi connectivity index (χ1) is 32.1. The van der Waals surface area contributed by atoms with E-state index in [0.29, 0.717) is 0 Å². The first kappa shape index (κ1) is 57.0. The van der Waals surface area contributed by atoms with Crippen molar-refractivity contribution >= 4 is 11.9 Å². The van der Waals surface area contributed by atoms with Gasteiger partial charge in [-0.05, 0) is 39.5 Å². The zero-order chi connectivity index (χ0) is 50.6. The second-order valence-corrected chi connectivity index (χ2v) is 17.3. The molecule has 22 nitrogen and oxygen atoms in total. The van der Waals surface area contributed by atoms with Crippen LogP contribution in [-0.4, -0.2) is 210 Å². The average molecular weight is 973 g/mol. The second kappa shape index (κ2) is 26.6. The number of hydrogen-bond acceptors (Lipinski definition) is 22. The van der Waals surface area contributed by atoms with Gasteiger partial charge in [0, 0.05) is 11.1 Å². The minimum Gasteiger partial charge on any atom is -0.429 e. The fourth-order valence-corrected chi connectivity index (χ4v) is 7.26. The summed E-state index contributed by atoms with van der Waals surface area (Å²) in [6.45, 7) is 8.12. The number of carbonyl (C=O) groups is 2. The van der Waals surface area contributed by atoms with Crippen molar-refractivity contribution in [1.82, 2.24) is 0 Å². The second-order valence-electron chi connectivity index (χ2n) is 17.3. The van der Waals surface area contributed by atoms with E-state index in [2.05, 4.69) is 0 Å². The van der Waals surface area contributed by atoms with Crippen molar-refractivity contribution in [2.45, 2.75) is 152 Å². The van der Waals surface area contributed by atoms with Gasteiger partial charge in [-0.3, -0.25) is 0 Å². The summed E-state index contributed by atoms with van der Waals surface area (Å²) in [5.74, 6) is -2.24. The van der Waals surface area contributed by atoms with E-state index in [4.69, 9.17) is 37.9 Å². The molecule has 20 atom stereocenters. The van der Waals surface area contributed by atoms with E-state index in [0.717, 1.165) is 11.1 Å². The van der Waals surface area contributed by atoms with Crippen LogP contribution in [0.1, 0.15) is 41.5 Å². The van der Waals surface area contributed by atoms with Gasteiger partial charge in [-0.15, -0.1) is 0 Å². The molecule has 68 heavy (non-hydrogen) atoms. The molecule has 0 aliphatic carbocycles. The Balaban J connectivity index is 1.23. The van der Waals surface area contributed by atoms with Gasteiger partial charge < -0.3 is 99.2 Å². The number of aliphatic hydroxyl groups is 12. The molecule has 4 fully saturated rings. The van der Waals surface area contributed by atoms with Crippen LogP contribution < -0.4 is 0 Å². The Morgan fingerprint density at radius 1 is 0.426 bits per heavy atom. The molecule has 0 saturated carbocycles. The summed E-state index contributed by atoms with van der Waals surface area (Å²) < 4.78 is 43.6. The smallest absolute Gasteiger partial charge is 0.336 e.